The molecule has 0 fully saturated rings. The third-order valence-electron chi connectivity index (χ3n) is 2.30. The van der Waals surface area contributed by atoms with Gasteiger partial charge >= 0.3 is 6.09 Å². The number of nitrogens with zero attached hydrogens (tertiary/aromatic N) is 2. The van der Waals surface area contributed by atoms with Crippen molar-refractivity contribution in [2.24, 2.45) is 4.99 Å². The average molecular weight is 254 g/mol. The first kappa shape index (κ1) is 11.9. The summed E-state index contributed by atoms with van der Waals surface area (Å²) >= 11 is 5.70. The van der Waals surface area contributed by atoms with Crippen LogP contribution < -0.4 is 5.32 Å². The van der Waals surface area contributed by atoms with Crippen molar-refractivity contribution in [1.29, 1.82) is 0 Å². The molecule has 1 atom stereocenters. The Morgan fingerprint density at radius 1 is 1.59 bits per heavy atom. The number of carbonyl (C=O) groups is 1. The number of amides is 1. The molecule has 1 aliphatic heterocycles. The van der Waals surface area contributed by atoms with Gasteiger partial charge < -0.3 is 10.1 Å². The molecule has 0 aromatic carbocycles. The molecule has 6 heteroatoms. The highest BCUT2D eigenvalue weighted by atomic mass is 35.5. The van der Waals surface area contributed by atoms with Gasteiger partial charge in [0.15, 0.2) is 6.61 Å². The summed E-state index contributed by atoms with van der Waals surface area (Å²) in [5, 5.41) is 3.60. The van der Waals surface area contributed by atoms with Gasteiger partial charge in [-0.2, -0.15) is 4.99 Å². The third kappa shape index (κ3) is 3.42. The Morgan fingerprint density at radius 2 is 2.41 bits per heavy atom. The number of ether oxygens (including phenoxy) is 1. The van der Waals surface area contributed by atoms with Gasteiger partial charge in [0.1, 0.15) is 11.0 Å². The van der Waals surface area contributed by atoms with E-state index in [1.807, 2.05) is 13.0 Å². The lowest BCUT2D eigenvalue weighted by Crippen LogP contribution is -2.34. The van der Waals surface area contributed by atoms with Crippen LogP contribution in [0.2, 0.25) is 5.15 Å². The molecule has 2 heterocycles. The monoisotopic (exact) mass is 253 g/mol. The molecule has 0 spiro atoms. The molecule has 0 aliphatic carbocycles. The molecule has 1 aliphatic rings. The summed E-state index contributed by atoms with van der Waals surface area (Å²) in [4.78, 5) is 18.5. The fourth-order valence-electron chi connectivity index (χ4n) is 1.59. The Morgan fingerprint density at radius 3 is 3.00 bits per heavy atom. The maximum absolute atomic E-state index is 10.8. The smallest absolute Gasteiger partial charge is 0.435 e. The highest BCUT2D eigenvalue weighted by Crippen LogP contribution is 2.07. The summed E-state index contributed by atoms with van der Waals surface area (Å²) in [5.74, 6) is 0.574. The van der Waals surface area contributed by atoms with E-state index in [-0.39, 0.29) is 12.6 Å². The fourth-order valence-corrected chi connectivity index (χ4v) is 1.71. The number of amidine groups is 1. The number of cyclic esters (lactones) is 1. The van der Waals surface area contributed by atoms with E-state index in [0.717, 1.165) is 12.0 Å². The van der Waals surface area contributed by atoms with Crippen molar-refractivity contribution in [2.45, 2.75) is 19.4 Å². The van der Waals surface area contributed by atoms with E-state index >= 15 is 0 Å². The average Bonchev–Trinajstić information content (AvgIpc) is 2.67. The number of carbonyl (C=O) groups excluding carboxylic acids is 1. The van der Waals surface area contributed by atoms with Gasteiger partial charge in [-0.3, -0.25) is 0 Å². The Hall–Kier alpha value is -1.62. The molecule has 1 unspecified atom stereocenters. The van der Waals surface area contributed by atoms with Gasteiger partial charge in [0, 0.05) is 12.2 Å². The summed E-state index contributed by atoms with van der Waals surface area (Å²) in [5.41, 5.74) is 1.07. The molecule has 1 aromatic heterocycles. The van der Waals surface area contributed by atoms with E-state index in [1.165, 1.54) is 0 Å². The van der Waals surface area contributed by atoms with Gasteiger partial charge in [-0.15, -0.1) is 0 Å². The highest BCUT2D eigenvalue weighted by molar-refractivity contribution is 6.29. The van der Waals surface area contributed by atoms with Crippen LogP contribution in [0.25, 0.3) is 0 Å². The molecule has 1 N–H and O–H groups in total. The summed E-state index contributed by atoms with van der Waals surface area (Å²) in [6.07, 6.45) is 1.98. The van der Waals surface area contributed by atoms with Crippen LogP contribution in [0.1, 0.15) is 12.5 Å². The quantitative estimate of drug-likeness (QED) is 0.835. The topological polar surface area (TPSA) is 63.6 Å². The highest BCUT2D eigenvalue weighted by Gasteiger charge is 2.16. The van der Waals surface area contributed by atoms with Crippen molar-refractivity contribution >= 4 is 23.5 Å². The van der Waals surface area contributed by atoms with E-state index in [0.29, 0.717) is 11.0 Å². The Balaban J connectivity index is 1.89. The third-order valence-corrected chi connectivity index (χ3v) is 2.53. The number of hydrogen-bond acceptors (Lipinski definition) is 4. The first-order valence-corrected chi connectivity index (χ1v) is 5.62. The molecule has 2 rings (SSSR count). The molecule has 1 aromatic rings. The Labute approximate surface area is 104 Å². The van der Waals surface area contributed by atoms with Crippen LogP contribution >= 0.6 is 11.6 Å². The SMILES string of the molecule is CC(Cc1ccc(Cl)nc1)NC1=NC(=O)OC1. The van der Waals surface area contributed by atoms with Crippen molar-refractivity contribution in [3.05, 3.63) is 29.0 Å². The lowest BCUT2D eigenvalue weighted by Gasteiger charge is -2.13. The zero-order chi connectivity index (χ0) is 12.3. The van der Waals surface area contributed by atoms with Gasteiger partial charge in [0.25, 0.3) is 0 Å². The zero-order valence-corrected chi connectivity index (χ0v) is 10.1. The van der Waals surface area contributed by atoms with E-state index in [1.54, 1.807) is 12.3 Å². The first-order valence-electron chi connectivity index (χ1n) is 5.25. The predicted octanol–water partition coefficient (Wildman–Crippen LogP) is 1.80. The Bertz CT molecular complexity index is 445. The summed E-state index contributed by atoms with van der Waals surface area (Å²) in [6.45, 7) is 2.22. The summed E-state index contributed by atoms with van der Waals surface area (Å²) in [7, 11) is 0. The van der Waals surface area contributed by atoms with Crippen LogP contribution in [0.4, 0.5) is 4.79 Å². The minimum atomic E-state index is -0.534. The maximum Gasteiger partial charge on any atom is 0.435 e. The van der Waals surface area contributed by atoms with Gasteiger partial charge in [0.05, 0.1) is 0 Å². The molecule has 90 valence electrons. The van der Waals surface area contributed by atoms with E-state index in [4.69, 9.17) is 16.3 Å². The van der Waals surface area contributed by atoms with Crippen LogP contribution in [-0.4, -0.2) is 29.6 Å². The molecule has 5 nitrogen and oxygen atoms in total. The van der Waals surface area contributed by atoms with Crippen molar-refractivity contribution < 1.29 is 9.53 Å². The molecule has 0 radical (unpaired) electrons. The van der Waals surface area contributed by atoms with Gasteiger partial charge in [-0.05, 0) is 25.0 Å². The Kier molecular flexibility index (Phi) is 3.58. The lowest BCUT2D eigenvalue weighted by atomic mass is 10.1. The second-order valence-electron chi connectivity index (χ2n) is 3.85. The number of aliphatic imine (C=N–C) groups is 1. The molecular weight excluding hydrogens is 242 g/mol. The number of halogens is 1. The summed E-state index contributed by atoms with van der Waals surface area (Å²) < 4.78 is 4.70. The number of hydrogen-bond donors (Lipinski definition) is 1. The minimum Gasteiger partial charge on any atom is -0.440 e. The normalized spacial score (nSPS) is 16.4. The standard InChI is InChI=1S/C11H12ClN3O2/c1-7(14-10-6-17-11(16)15-10)4-8-2-3-9(12)13-5-8/h2-3,5,7H,4,6H2,1H3,(H,14,15,16). The largest absolute Gasteiger partial charge is 0.440 e. The van der Waals surface area contributed by atoms with Crippen molar-refractivity contribution in [3.63, 3.8) is 0 Å². The molecule has 1 amide bonds. The number of nitrogens with one attached hydrogen (secondary N) is 1. The van der Waals surface area contributed by atoms with Crippen LogP contribution in [-0.2, 0) is 11.2 Å². The molecular formula is C11H12ClN3O2. The van der Waals surface area contributed by atoms with Crippen LogP contribution in [0.5, 0.6) is 0 Å². The van der Waals surface area contributed by atoms with E-state index < -0.39 is 6.09 Å². The lowest BCUT2D eigenvalue weighted by molar-refractivity contribution is 0.180. The van der Waals surface area contributed by atoms with Gasteiger partial charge in [-0.25, -0.2) is 9.78 Å². The van der Waals surface area contributed by atoms with E-state index in [9.17, 15) is 4.79 Å². The summed E-state index contributed by atoms with van der Waals surface area (Å²) in [6, 6.07) is 3.82. The fraction of sp³-hybridized carbons (Fsp3) is 0.364. The molecule has 0 saturated carbocycles. The minimum absolute atomic E-state index is 0.145. The number of pyridine rings is 1. The maximum atomic E-state index is 10.8. The first-order chi connectivity index (χ1) is 8.13. The van der Waals surface area contributed by atoms with Gasteiger partial charge in [-0.1, -0.05) is 17.7 Å². The van der Waals surface area contributed by atoms with E-state index in [2.05, 4.69) is 15.3 Å². The number of rotatable bonds is 3. The van der Waals surface area contributed by atoms with Crippen molar-refractivity contribution in [1.82, 2.24) is 10.3 Å². The molecule has 0 saturated heterocycles. The molecule has 17 heavy (non-hydrogen) atoms. The second kappa shape index (κ2) is 5.14. The van der Waals surface area contributed by atoms with Crippen LogP contribution in [0, 0.1) is 0 Å². The van der Waals surface area contributed by atoms with Crippen LogP contribution in [0.15, 0.2) is 23.3 Å². The second-order valence-corrected chi connectivity index (χ2v) is 4.24. The van der Waals surface area contributed by atoms with Crippen molar-refractivity contribution in [2.75, 3.05) is 6.61 Å². The predicted molar refractivity (Wildman–Crippen MR) is 64.3 cm³/mol. The molecule has 0 bridgehead atoms. The number of aromatic nitrogens is 1. The van der Waals surface area contributed by atoms with Gasteiger partial charge in [0.2, 0.25) is 0 Å². The van der Waals surface area contributed by atoms with Crippen molar-refractivity contribution in [3.8, 4) is 0 Å². The zero-order valence-electron chi connectivity index (χ0n) is 9.31. The van der Waals surface area contributed by atoms with Crippen LogP contribution in [0.3, 0.4) is 0 Å².